The van der Waals surface area contributed by atoms with Gasteiger partial charge >= 0.3 is 0 Å². The van der Waals surface area contributed by atoms with Crippen molar-refractivity contribution < 1.29 is 13.2 Å². The van der Waals surface area contributed by atoms with E-state index in [1.165, 1.54) is 32.4 Å². The van der Waals surface area contributed by atoms with Crippen LogP contribution in [0, 0.1) is 17.8 Å². The van der Waals surface area contributed by atoms with Crippen LogP contribution in [0.25, 0.3) is 0 Å². The number of sulfone groups is 1. The molecule has 0 radical (unpaired) electrons. The van der Waals surface area contributed by atoms with E-state index in [4.69, 9.17) is 4.74 Å². The van der Waals surface area contributed by atoms with Gasteiger partial charge in [0, 0.05) is 0 Å². The summed E-state index contributed by atoms with van der Waals surface area (Å²) in [4.78, 5) is 0.460. The predicted molar refractivity (Wildman–Crippen MR) is 93.5 cm³/mol. The lowest BCUT2D eigenvalue weighted by Gasteiger charge is -2.22. The molecular weight excluding hydrogens is 322 g/mol. The Kier molecular flexibility index (Phi) is 4.67. The van der Waals surface area contributed by atoms with Gasteiger partial charge in [-0.05, 0) is 80.6 Å². The van der Waals surface area contributed by atoms with Crippen molar-refractivity contribution in [1.29, 1.82) is 0 Å². The topological polar surface area (TPSA) is 55.4 Å². The summed E-state index contributed by atoms with van der Waals surface area (Å²) in [6.07, 6.45) is 5.58. The molecule has 5 heteroatoms. The predicted octanol–water partition coefficient (Wildman–Crippen LogP) is 2.78. The van der Waals surface area contributed by atoms with Gasteiger partial charge in [-0.15, -0.1) is 0 Å². The lowest BCUT2D eigenvalue weighted by molar-refractivity contribution is 0.104. The Bertz CT molecular complexity index is 660. The van der Waals surface area contributed by atoms with Gasteiger partial charge in [0.25, 0.3) is 0 Å². The Labute approximate surface area is 144 Å². The molecule has 1 aromatic carbocycles. The second kappa shape index (κ2) is 6.77. The molecule has 3 fully saturated rings. The molecule has 0 bridgehead atoms. The maximum atomic E-state index is 12.2. The van der Waals surface area contributed by atoms with Crippen LogP contribution in [0.3, 0.4) is 0 Å². The van der Waals surface area contributed by atoms with E-state index in [0.717, 1.165) is 42.8 Å². The maximum absolute atomic E-state index is 12.2. The third-order valence-electron chi connectivity index (χ3n) is 5.78. The summed E-state index contributed by atoms with van der Waals surface area (Å²) >= 11 is 0. The number of piperidine rings is 1. The van der Waals surface area contributed by atoms with Gasteiger partial charge in [-0.2, -0.15) is 0 Å². The number of benzene rings is 1. The van der Waals surface area contributed by atoms with Crippen LogP contribution in [0.1, 0.15) is 37.7 Å². The molecular formula is C19H27NO3S. The van der Waals surface area contributed by atoms with Gasteiger partial charge in [-0.3, -0.25) is 0 Å². The average Bonchev–Trinajstić information content (AvgIpc) is 3.49. The van der Waals surface area contributed by atoms with Crippen molar-refractivity contribution >= 4 is 9.84 Å². The zero-order chi connectivity index (χ0) is 16.6. The zero-order valence-corrected chi connectivity index (χ0v) is 14.9. The highest BCUT2D eigenvalue weighted by Crippen LogP contribution is 2.47. The van der Waals surface area contributed by atoms with Crippen molar-refractivity contribution in [2.24, 2.45) is 17.8 Å². The van der Waals surface area contributed by atoms with Gasteiger partial charge in [0.1, 0.15) is 0 Å². The summed E-state index contributed by atoms with van der Waals surface area (Å²) in [5.41, 5.74) is 1.06. The van der Waals surface area contributed by atoms with Crippen LogP contribution in [0.2, 0.25) is 0 Å². The van der Waals surface area contributed by atoms with Gasteiger partial charge in [0.2, 0.25) is 0 Å². The van der Waals surface area contributed by atoms with Crippen LogP contribution >= 0.6 is 0 Å². The molecule has 0 amide bonds. The summed E-state index contributed by atoms with van der Waals surface area (Å²) < 4.78 is 30.2. The highest BCUT2D eigenvalue weighted by molar-refractivity contribution is 7.92. The number of nitrogens with one attached hydrogen (secondary N) is 1. The molecule has 1 aromatic rings. The number of rotatable bonds is 7. The van der Waals surface area contributed by atoms with E-state index in [1.54, 1.807) is 12.1 Å². The van der Waals surface area contributed by atoms with E-state index in [-0.39, 0.29) is 5.25 Å². The highest BCUT2D eigenvalue weighted by atomic mass is 32.2. The van der Waals surface area contributed by atoms with Gasteiger partial charge in [0.05, 0.1) is 23.4 Å². The third-order valence-corrected chi connectivity index (χ3v) is 8.06. The van der Waals surface area contributed by atoms with Gasteiger partial charge in [-0.25, -0.2) is 8.42 Å². The SMILES string of the molecule is O=S(=O)(c1ccc(COC[C@@H]2CC2C2CCNCC2)cc1)C1CC1. The minimum Gasteiger partial charge on any atom is -0.376 e. The fourth-order valence-corrected chi connectivity index (χ4v) is 5.64. The maximum Gasteiger partial charge on any atom is 0.181 e. The molecule has 1 saturated heterocycles. The molecule has 1 heterocycles. The summed E-state index contributed by atoms with van der Waals surface area (Å²) in [5, 5.41) is 3.29. The Morgan fingerprint density at radius 3 is 2.42 bits per heavy atom. The van der Waals surface area contributed by atoms with Crippen LogP contribution in [0.15, 0.2) is 29.2 Å². The molecule has 4 nitrogen and oxygen atoms in total. The Morgan fingerprint density at radius 1 is 1.04 bits per heavy atom. The van der Waals surface area contributed by atoms with Crippen LogP contribution < -0.4 is 5.32 Å². The fraction of sp³-hybridized carbons (Fsp3) is 0.684. The number of hydrogen-bond acceptors (Lipinski definition) is 4. The minimum absolute atomic E-state index is 0.138. The van der Waals surface area contributed by atoms with Crippen molar-refractivity contribution in [3.63, 3.8) is 0 Å². The molecule has 2 aliphatic carbocycles. The van der Waals surface area contributed by atoms with Crippen LogP contribution in [-0.2, 0) is 21.2 Å². The third kappa shape index (κ3) is 3.68. The molecule has 1 aliphatic heterocycles. The van der Waals surface area contributed by atoms with E-state index < -0.39 is 9.84 Å². The quantitative estimate of drug-likeness (QED) is 0.822. The van der Waals surface area contributed by atoms with E-state index in [9.17, 15) is 8.42 Å². The average molecular weight is 349 g/mol. The van der Waals surface area contributed by atoms with Crippen LogP contribution in [0.5, 0.6) is 0 Å². The van der Waals surface area contributed by atoms with Crippen LogP contribution in [0.4, 0.5) is 0 Å². The largest absolute Gasteiger partial charge is 0.376 e. The van der Waals surface area contributed by atoms with Gasteiger partial charge < -0.3 is 10.1 Å². The number of ether oxygens (including phenoxy) is 1. The summed E-state index contributed by atoms with van der Waals surface area (Å²) in [5.74, 6) is 2.51. The first-order valence-electron chi connectivity index (χ1n) is 9.26. The first kappa shape index (κ1) is 16.6. The fourth-order valence-electron chi connectivity index (χ4n) is 3.99. The molecule has 24 heavy (non-hydrogen) atoms. The molecule has 1 unspecified atom stereocenters. The van der Waals surface area contributed by atoms with Gasteiger partial charge in [-0.1, -0.05) is 12.1 Å². The highest BCUT2D eigenvalue weighted by Gasteiger charge is 2.42. The smallest absolute Gasteiger partial charge is 0.181 e. The molecule has 132 valence electrons. The lowest BCUT2D eigenvalue weighted by atomic mass is 9.92. The van der Waals surface area contributed by atoms with Crippen molar-refractivity contribution in [1.82, 2.24) is 5.32 Å². The molecule has 2 saturated carbocycles. The summed E-state index contributed by atoms with van der Waals surface area (Å²) in [6.45, 7) is 3.77. The summed E-state index contributed by atoms with van der Waals surface area (Å²) in [6, 6.07) is 7.27. The second-order valence-corrected chi connectivity index (χ2v) is 9.88. The Hall–Kier alpha value is -0.910. The van der Waals surface area contributed by atoms with Gasteiger partial charge in [0.15, 0.2) is 9.84 Å². The first-order valence-corrected chi connectivity index (χ1v) is 10.8. The van der Waals surface area contributed by atoms with E-state index >= 15 is 0 Å². The molecule has 3 aliphatic rings. The second-order valence-electron chi connectivity index (χ2n) is 7.65. The summed E-state index contributed by atoms with van der Waals surface area (Å²) in [7, 11) is -3.07. The van der Waals surface area contributed by atoms with Crippen LogP contribution in [-0.4, -0.2) is 33.4 Å². The standard InChI is InChI=1S/C19H27NO3S/c21-24(22,18-5-6-18)17-3-1-14(2-4-17)12-23-13-16-11-19(16)15-7-9-20-10-8-15/h1-4,15-16,18-20H,5-13H2/t16-,19?/m0/s1. The molecule has 2 atom stereocenters. The van der Waals surface area contributed by atoms with E-state index in [0.29, 0.717) is 11.5 Å². The van der Waals surface area contributed by atoms with Crippen molar-refractivity contribution in [2.45, 2.75) is 48.9 Å². The Morgan fingerprint density at radius 2 is 1.75 bits per heavy atom. The molecule has 4 rings (SSSR count). The van der Waals surface area contributed by atoms with Crippen molar-refractivity contribution in [3.8, 4) is 0 Å². The molecule has 1 N–H and O–H groups in total. The van der Waals surface area contributed by atoms with E-state index in [1.807, 2.05) is 12.1 Å². The van der Waals surface area contributed by atoms with Crippen molar-refractivity contribution in [3.05, 3.63) is 29.8 Å². The molecule has 0 spiro atoms. The van der Waals surface area contributed by atoms with E-state index in [2.05, 4.69) is 5.32 Å². The molecule has 0 aromatic heterocycles. The van der Waals surface area contributed by atoms with Crippen molar-refractivity contribution in [2.75, 3.05) is 19.7 Å². The monoisotopic (exact) mass is 349 g/mol. The lowest BCUT2D eigenvalue weighted by Crippen LogP contribution is -2.29. The first-order chi connectivity index (χ1) is 11.6. The Balaban J connectivity index is 1.22. The minimum atomic E-state index is -3.07. The number of hydrogen-bond donors (Lipinski definition) is 1. The zero-order valence-electron chi connectivity index (χ0n) is 14.1. The normalized spacial score (nSPS) is 28.0.